The molecule has 0 radical (unpaired) electrons. The molecule has 1 saturated heterocycles. The summed E-state index contributed by atoms with van der Waals surface area (Å²) < 4.78 is 12.7. The molecule has 0 amide bonds. The molecule has 0 N–H and O–H groups in total. The highest BCUT2D eigenvalue weighted by Crippen LogP contribution is 2.41. The lowest BCUT2D eigenvalue weighted by molar-refractivity contribution is -0.175. The standard InChI is InChI=1S/C14H17BrO2S/c15-11-1-3-12(4-2-11)18-13-5-7-14(8-6-13)16-9-10-17-14/h1-4,13H,5-10H2. The Balaban J connectivity index is 1.55. The first-order valence-electron chi connectivity index (χ1n) is 6.46. The van der Waals surface area contributed by atoms with Crippen LogP contribution in [0.5, 0.6) is 0 Å². The van der Waals surface area contributed by atoms with Crippen LogP contribution in [0.4, 0.5) is 0 Å². The van der Waals surface area contributed by atoms with E-state index in [2.05, 4.69) is 40.2 Å². The molecule has 3 rings (SSSR count). The van der Waals surface area contributed by atoms with Gasteiger partial charge in [-0.3, -0.25) is 0 Å². The summed E-state index contributed by atoms with van der Waals surface area (Å²) in [4.78, 5) is 1.35. The molecule has 18 heavy (non-hydrogen) atoms. The van der Waals surface area contributed by atoms with Gasteiger partial charge in [-0.2, -0.15) is 0 Å². The Kier molecular flexibility index (Phi) is 3.99. The molecular formula is C14H17BrO2S. The molecule has 2 fully saturated rings. The number of hydrogen-bond acceptors (Lipinski definition) is 3. The Bertz CT molecular complexity index is 391. The van der Waals surface area contributed by atoms with E-state index in [0.29, 0.717) is 5.25 Å². The summed E-state index contributed by atoms with van der Waals surface area (Å²) in [6.45, 7) is 1.54. The third kappa shape index (κ3) is 2.93. The Hall–Kier alpha value is -0.0300. The fourth-order valence-corrected chi connectivity index (χ4v) is 4.05. The number of thioether (sulfide) groups is 1. The van der Waals surface area contributed by atoms with Crippen molar-refractivity contribution in [1.82, 2.24) is 0 Å². The smallest absolute Gasteiger partial charge is 0.168 e. The van der Waals surface area contributed by atoms with Gasteiger partial charge >= 0.3 is 0 Å². The summed E-state index contributed by atoms with van der Waals surface area (Å²) in [6, 6.07) is 8.58. The monoisotopic (exact) mass is 328 g/mol. The van der Waals surface area contributed by atoms with E-state index >= 15 is 0 Å². The van der Waals surface area contributed by atoms with Gasteiger partial charge in [0.05, 0.1) is 13.2 Å². The highest BCUT2D eigenvalue weighted by Gasteiger charge is 2.40. The maximum absolute atomic E-state index is 5.76. The van der Waals surface area contributed by atoms with E-state index in [4.69, 9.17) is 9.47 Å². The predicted molar refractivity (Wildman–Crippen MR) is 76.9 cm³/mol. The van der Waals surface area contributed by atoms with Gasteiger partial charge in [-0.25, -0.2) is 0 Å². The van der Waals surface area contributed by atoms with E-state index in [0.717, 1.165) is 30.5 Å². The zero-order chi connectivity index (χ0) is 12.4. The van der Waals surface area contributed by atoms with E-state index in [1.165, 1.54) is 17.7 Å². The number of halogens is 1. The van der Waals surface area contributed by atoms with E-state index < -0.39 is 0 Å². The molecule has 0 atom stereocenters. The number of rotatable bonds is 2. The normalized spacial score (nSPS) is 23.6. The topological polar surface area (TPSA) is 18.5 Å². The molecule has 98 valence electrons. The van der Waals surface area contributed by atoms with Crippen molar-refractivity contribution in [2.45, 2.75) is 41.6 Å². The lowest BCUT2D eigenvalue weighted by Gasteiger charge is -2.35. The van der Waals surface area contributed by atoms with E-state index in [9.17, 15) is 0 Å². The van der Waals surface area contributed by atoms with E-state index in [1.807, 2.05) is 11.8 Å². The summed E-state index contributed by atoms with van der Waals surface area (Å²) in [7, 11) is 0. The fraction of sp³-hybridized carbons (Fsp3) is 0.571. The molecule has 1 aromatic carbocycles. The highest BCUT2D eigenvalue weighted by molar-refractivity contribution is 9.10. The average molecular weight is 329 g/mol. The van der Waals surface area contributed by atoms with Gasteiger partial charge in [-0.05, 0) is 37.1 Å². The molecule has 0 bridgehead atoms. The van der Waals surface area contributed by atoms with Crippen LogP contribution in [-0.2, 0) is 9.47 Å². The fourth-order valence-electron chi connectivity index (χ4n) is 2.64. The Labute approximate surface area is 121 Å². The first kappa shape index (κ1) is 13.0. The number of ether oxygens (including phenoxy) is 2. The van der Waals surface area contributed by atoms with Gasteiger partial charge in [0.15, 0.2) is 5.79 Å². The summed E-state index contributed by atoms with van der Waals surface area (Å²) in [6.07, 6.45) is 4.45. The van der Waals surface area contributed by atoms with Crippen LogP contribution in [0.1, 0.15) is 25.7 Å². The van der Waals surface area contributed by atoms with Gasteiger partial charge in [-0.15, -0.1) is 11.8 Å². The van der Waals surface area contributed by atoms with Crippen LogP contribution in [-0.4, -0.2) is 24.3 Å². The Morgan fingerprint density at radius 1 is 1.06 bits per heavy atom. The molecule has 1 saturated carbocycles. The molecule has 4 heteroatoms. The summed E-state index contributed by atoms with van der Waals surface area (Å²) >= 11 is 5.45. The van der Waals surface area contributed by atoms with Gasteiger partial charge < -0.3 is 9.47 Å². The summed E-state index contributed by atoms with van der Waals surface area (Å²) in [5, 5.41) is 0.699. The lowest BCUT2D eigenvalue weighted by Crippen LogP contribution is -2.35. The molecule has 2 aliphatic rings. The third-order valence-corrected chi connectivity index (χ3v) is 5.50. The van der Waals surface area contributed by atoms with Crippen LogP contribution in [0.3, 0.4) is 0 Å². The maximum atomic E-state index is 5.76. The van der Waals surface area contributed by atoms with Crippen molar-refractivity contribution >= 4 is 27.7 Å². The molecule has 1 spiro atoms. The van der Waals surface area contributed by atoms with Crippen molar-refractivity contribution in [2.75, 3.05) is 13.2 Å². The van der Waals surface area contributed by atoms with Crippen LogP contribution in [0.2, 0.25) is 0 Å². The third-order valence-electron chi connectivity index (χ3n) is 3.62. The molecule has 1 aromatic rings. The minimum atomic E-state index is -0.225. The average Bonchev–Trinajstić information content (AvgIpc) is 2.84. The zero-order valence-corrected chi connectivity index (χ0v) is 12.6. The highest BCUT2D eigenvalue weighted by atomic mass is 79.9. The van der Waals surface area contributed by atoms with Crippen molar-refractivity contribution in [3.8, 4) is 0 Å². The maximum Gasteiger partial charge on any atom is 0.168 e. The predicted octanol–water partition coefficient (Wildman–Crippen LogP) is 4.23. The molecule has 1 aliphatic carbocycles. The van der Waals surface area contributed by atoms with Crippen molar-refractivity contribution in [2.24, 2.45) is 0 Å². The zero-order valence-electron chi connectivity index (χ0n) is 10.2. The number of benzene rings is 1. The van der Waals surface area contributed by atoms with Crippen molar-refractivity contribution in [3.63, 3.8) is 0 Å². The largest absolute Gasteiger partial charge is 0.348 e. The van der Waals surface area contributed by atoms with Gasteiger partial charge in [0.2, 0.25) is 0 Å². The van der Waals surface area contributed by atoms with Gasteiger partial charge in [-0.1, -0.05) is 15.9 Å². The second-order valence-electron chi connectivity index (χ2n) is 4.88. The lowest BCUT2D eigenvalue weighted by atomic mass is 9.94. The Morgan fingerprint density at radius 3 is 2.28 bits per heavy atom. The molecule has 1 heterocycles. The molecular weight excluding hydrogens is 312 g/mol. The summed E-state index contributed by atoms with van der Waals surface area (Å²) in [5.41, 5.74) is 0. The SMILES string of the molecule is Brc1ccc(SC2CCC3(CC2)OCCO3)cc1. The van der Waals surface area contributed by atoms with Crippen LogP contribution < -0.4 is 0 Å². The van der Waals surface area contributed by atoms with Crippen LogP contribution in [0.25, 0.3) is 0 Å². The van der Waals surface area contributed by atoms with Crippen LogP contribution in [0, 0.1) is 0 Å². The van der Waals surface area contributed by atoms with Crippen molar-refractivity contribution in [1.29, 1.82) is 0 Å². The minimum absolute atomic E-state index is 0.225. The first-order valence-corrected chi connectivity index (χ1v) is 8.13. The summed E-state index contributed by atoms with van der Waals surface area (Å²) in [5.74, 6) is -0.225. The molecule has 0 aromatic heterocycles. The number of hydrogen-bond donors (Lipinski definition) is 0. The van der Waals surface area contributed by atoms with Crippen molar-refractivity contribution < 1.29 is 9.47 Å². The van der Waals surface area contributed by atoms with Crippen molar-refractivity contribution in [3.05, 3.63) is 28.7 Å². The van der Waals surface area contributed by atoms with Gasteiger partial charge in [0.1, 0.15) is 0 Å². The quantitative estimate of drug-likeness (QED) is 0.809. The first-order chi connectivity index (χ1) is 8.76. The Morgan fingerprint density at radius 2 is 1.67 bits per heavy atom. The molecule has 0 unspecified atom stereocenters. The minimum Gasteiger partial charge on any atom is -0.348 e. The molecule has 1 aliphatic heterocycles. The van der Waals surface area contributed by atoms with E-state index in [1.54, 1.807) is 0 Å². The van der Waals surface area contributed by atoms with E-state index in [-0.39, 0.29) is 5.79 Å². The van der Waals surface area contributed by atoms with Gasteiger partial charge in [0, 0.05) is 27.5 Å². The second-order valence-corrected chi connectivity index (χ2v) is 7.17. The van der Waals surface area contributed by atoms with Crippen LogP contribution in [0.15, 0.2) is 33.6 Å². The molecule has 2 nitrogen and oxygen atoms in total. The second kappa shape index (κ2) is 5.53. The van der Waals surface area contributed by atoms with Crippen LogP contribution >= 0.6 is 27.7 Å². The van der Waals surface area contributed by atoms with Gasteiger partial charge in [0.25, 0.3) is 0 Å².